The van der Waals surface area contributed by atoms with Gasteiger partial charge in [0.1, 0.15) is 11.6 Å². The third kappa shape index (κ3) is 3.50. The predicted octanol–water partition coefficient (Wildman–Crippen LogP) is 4.42. The number of rotatable bonds is 4. The molecule has 4 rings (SSSR count). The number of carbonyl (C=O) groups is 1. The lowest BCUT2D eigenvalue weighted by Gasteiger charge is -2.06. The van der Waals surface area contributed by atoms with E-state index in [1.807, 2.05) is 37.4 Å². The van der Waals surface area contributed by atoms with Crippen molar-refractivity contribution >= 4 is 33.1 Å². The van der Waals surface area contributed by atoms with Crippen LogP contribution in [-0.4, -0.2) is 20.7 Å². The minimum Gasteiger partial charge on any atom is -0.324 e. The van der Waals surface area contributed by atoms with Crippen LogP contribution in [0.25, 0.3) is 20.8 Å². The van der Waals surface area contributed by atoms with E-state index in [1.165, 1.54) is 10.3 Å². The number of nitrogens with one attached hydrogen (secondary N) is 1. The second-order valence-electron chi connectivity index (χ2n) is 6.33. The molecule has 26 heavy (non-hydrogen) atoms. The summed E-state index contributed by atoms with van der Waals surface area (Å²) in [5.74, 6) is -0.101. The third-order valence-corrected chi connectivity index (χ3v) is 5.09. The van der Waals surface area contributed by atoms with Crippen molar-refractivity contribution in [3.63, 3.8) is 0 Å². The monoisotopic (exact) mass is 362 g/mol. The van der Waals surface area contributed by atoms with Crippen LogP contribution in [0, 0.1) is 13.8 Å². The van der Waals surface area contributed by atoms with Gasteiger partial charge >= 0.3 is 0 Å². The van der Waals surface area contributed by atoms with E-state index in [-0.39, 0.29) is 12.5 Å². The van der Waals surface area contributed by atoms with Crippen LogP contribution < -0.4 is 5.32 Å². The number of fused-ring (bicyclic) bond motifs is 1. The number of thiazole rings is 1. The van der Waals surface area contributed by atoms with E-state index in [2.05, 4.69) is 35.5 Å². The highest BCUT2D eigenvalue weighted by atomic mass is 32.1. The number of benzene rings is 2. The number of aryl methyl sites for hydroxylation is 2. The molecule has 0 saturated carbocycles. The smallest absolute Gasteiger partial charge is 0.246 e. The van der Waals surface area contributed by atoms with Gasteiger partial charge in [0.2, 0.25) is 5.91 Å². The highest BCUT2D eigenvalue weighted by Gasteiger charge is 2.08. The Morgan fingerprint density at radius 1 is 1.12 bits per heavy atom. The van der Waals surface area contributed by atoms with E-state index < -0.39 is 0 Å². The Labute approximate surface area is 155 Å². The first-order chi connectivity index (χ1) is 12.6. The highest BCUT2D eigenvalue weighted by molar-refractivity contribution is 7.21. The van der Waals surface area contributed by atoms with Crippen molar-refractivity contribution < 1.29 is 4.79 Å². The molecule has 2 aromatic carbocycles. The number of anilines is 1. The Kier molecular flexibility index (Phi) is 4.26. The summed E-state index contributed by atoms with van der Waals surface area (Å²) in [5.41, 5.74) is 5.10. The summed E-state index contributed by atoms with van der Waals surface area (Å²) in [6.07, 6.45) is 3.58. The van der Waals surface area contributed by atoms with Gasteiger partial charge in [0, 0.05) is 17.4 Å². The van der Waals surface area contributed by atoms with Crippen molar-refractivity contribution in [1.29, 1.82) is 0 Å². The molecule has 0 unspecified atom stereocenters. The average molecular weight is 362 g/mol. The van der Waals surface area contributed by atoms with Crippen LogP contribution in [-0.2, 0) is 11.3 Å². The molecule has 2 aromatic heterocycles. The molecule has 1 N–H and O–H groups in total. The molecule has 0 radical (unpaired) electrons. The SMILES string of the molecule is Cc1ccc2nc(-c3ccc(NC(=O)Cn4cc(C)cn4)cc3)sc2c1. The minimum atomic E-state index is -0.101. The fourth-order valence-corrected chi connectivity index (χ4v) is 3.82. The summed E-state index contributed by atoms with van der Waals surface area (Å²) in [7, 11) is 0. The molecule has 6 heteroatoms. The number of amides is 1. The molecule has 0 aliphatic rings. The molecular formula is C20H18N4OS. The molecule has 5 nitrogen and oxygen atoms in total. The molecule has 130 valence electrons. The fraction of sp³-hybridized carbons (Fsp3) is 0.150. The lowest BCUT2D eigenvalue weighted by atomic mass is 10.2. The van der Waals surface area contributed by atoms with Crippen molar-refractivity contribution in [2.45, 2.75) is 20.4 Å². The normalized spacial score (nSPS) is 11.0. The average Bonchev–Trinajstić information content (AvgIpc) is 3.21. The fourth-order valence-electron chi connectivity index (χ4n) is 2.75. The van der Waals surface area contributed by atoms with E-state index in [1.54, 1.807) is 22.2 Å². The van der Waals surface area contributed by atoms with Crippen molar-refractivity contribution in [2.24, 2.45) is 0 Å². The first-order valence-electron chi connectivity index (χ1n) is 8.33. The molecule has 4 aromatic rings. The summed E-state index contributed by atoms with van der Waals surface area (Å²) in [4.78, 5) is 16.8. The summed E-state index contributed by atoms with van der Waals surface area (Å²) in [6.45, 7) is 4.23. The molecule has 2 heterocycles. The Balaban J connectivity index is 1.48. The number of carbonyl (C=O) groups excluding carboxylic acids is 1. The quantitative estimate of drug-likeness (QED) is 0.585. The van der Waals surface area contributed by atoms with Crippen LogP contribution in [0.2, 0.25) is 0 Å². The van der Waals surface area contributed by atoms with E-state index in [0.717, 1.165) is 27.3 Å². The van der Waals surface area contributed by atoms with E-state index in [0.29, 0.717) is 0 Å². The predicted molar refractivity (Wildman–Crippen MR) is 105 cm³/mol. The second-order valence-corrected chi connectivity index (χ2v) is 7.36. The number of aromatic nitrogens is 3. The van der Waals surface area contributed by atoms with E-state index >= 15 is 0 Å². The first-order valence-corrected chi connectivity index (χ1v) is 9.15. The maximum atomic E-state index is 12.1. The molecular weight excluding hydrogens is 344 g/mol. The van der Waals surface area contributed by atoms with Crippen molar-refractivity contribution in [3.05, 3.63) is 66.0 Å². The number of nitrogens with zero attached hydrogens (tertiary/aromatic N) is 3. The molecule has 0 bridgehead atoms. The van der Waals surface area contributed by atoms with Crippen LogP contribution in [0.5, 0.6) is 0 Å². The zero-order chi connectivity index (χ0) is 18.1. The summed E-state index contributed by atoms with van der Waals surface area (Å²) < 4.78 is 2.81. The Morgan fingerprint density at radius 2 is 1.92 bits per heavy atom. The molecule has 1 amide bonds. The van der Waals surface area contributed by atoms with Crippen LogP contribution in [0.1, 0.15) is 11.1 Å². The van der Waals surface area contributed by atoms with Gasteiger partial charge in [-0.1, -0.05) is 6.07 Å². The largest absolute Gasteiger partial charge is 0.324 e. The van der Waals surface area contributed by atoms with Crippen LogP contribution >= 0.6 is 11.3 Å². The molecule has 0 atom stereocenters. The Hall–Kier alpha value is -2.99. The van der Waals surface area contributed by atoms with Gasteiger partial charge in [0.05, 0.1) is 16.4 Å². The maximum absolute atomic E-state index is 12.1. The van der Waals surface area contributed by atoms with Gasteiger partial charge in [-0.25, -0.2) is 4.98 Å². The number of hydrogen-bond donors (Lipinski definition) is 1. The van der Waals surface area contributed by atoms with E-state index in [4.69, 9.17) is 4.98 Å². The molecule has 0 spiro atoms. The Morgan fingerprint density at radius 3 is 2.65 bits per heavy atom. The standard InChI is InChI=1S/C20H18N4OS/c1-13-3-8-17-18(9-13)26-20(23-17)15-4-6-16(7-5-15)22-19(25)12-24-11-14(2)10-21-24/h3-11H,12H2,1-2H3,(H,22,25). The summed E-state index contributed by atoms with van der Waals surface area (Å²) in [6, 6.07) is 14.1. The number of hydrogen-bond acceptors (Lipinski definition) is 4. The second kappa shape index (κ2) is 6.72. The molecule has 0 saturated heterocycles. The molecule has 0 aliphatic heterocycles. The van der Waals surface area contributed by atoms with Gasteiger partial charge in [-0.05, 0) is 61.4 Å². The van der Waals surface area contributed by atoms with Gasteiger partial charge in [-0.2, -0.15) is 5.10 Å². The van der Waals surface area contributed by atoms with E-state index in [9.17, 15) is 4.79 Å². The van der Waals surface area contributed by atoms with Gasteiger partial charge in [-0.3, -0.25) is 9.48 Å². The van der Waals surface area contributed by atoms with Gasteiger partial charge in [0.25, 0.3) is 0 Å². The maximum Gasteiger partial charge on any atom is 0.246 e. The van der Waals surface area contributed by atoms with Gasteiger partial charge < -0.3 is 5.32 Å². The van der Waals surface area contributed by atoms with Crippen LogP contribution in [0.4, 0.5) is 5.69 Å². The molecule has 0 aliphatic carbocycles. The summed E-state index contributed by atoms with van der Waals surface area (Å²) in [5, 5.41) is 8.00. The van der Waals surface area contributed by atoms with Gasteiger partial charge in [0.15, 0.2) is 0 Å². The zero-order valence-electron chi connectivity index (χ0n) is 14.6. The third-order valence-electron chi connectivity index (χ3n) is 4.03. The Bertz CT molecular complexity index is 1080. The highest BCUT2D eigenvalue weighted by Crippen LogP contribution is 2.31. The van der Waals surface area contributed by atoms with Crippen LogP contribution in [0.15, 0.2) is 54.9 Å². The topological polar surface area (TPSA) is 59.8 Å². The lowest BCUT2D eigenvalue weighted by molar-refractivity contribution is -0.116. The molecule has 0 fully saturated rings. The first kappa shape index (κ1) is 16.5. The van der Waals surface area contributed by atoms with Crippen molar-refractivity contribution in [1.82, 2.24) is 14.8 Å². The minimum absolute atomic E-state index is 0.101. The summed E-state index contributed by atoms with van der Waals surface area (Å²) >= 11 is 1.68. The lowest BCUT2D eigenvalue weighted by Crippen LogP contribution is -2.18. The van der Waals surface area contributed by atoms with Crippen LogP contribution in [0.3, 0.4) is 0 Å². The van der Waals surface area contributed by atoms with Crippen molar-refractivity contribution in [2.75, 3.05) is 5.32 Å². The van der Waals surface area contributed by atoms with Gasteiger partial charge in [-0.15, -0.1) is 11.3 Å². The van der Waals surface area contributed by atoms with Crippen molar-refractivity contribution in [3.8, 4) is 10.6 Å². The zero-order valence-corrected chi connectivity index (χ0v) is 15.4.